The van der Waals surface area contributed by atoms with Gasteiger partial charge in [0.15, 0.2) is 0 Å². The molecule has 0 bridgehead atoms. The lowest BCUT2D eigenvalue weighted by Gasteiger charge is -2.14. The zero-order chi connectivity index (χ0) is 9.73. The molecular weight excluding hydrogens is 174 g/mol. The molecule has 0 atom stereocenters. The molecule has 72 valence electrons. The van der Waals surface area contributed by atoms with Crippen LogP contribution in [0.4, 0.5) is 8.78 Å². The van der Waals surface area contributed by atoms with Crippen molar-refractivity contribution in [3.8, 4) is 0 Å². The van der Waals surface area contributed by atoms with Gasteiger partial charge in [-0.05, 0) is 5.56 Å². The van der Waals surface area contributed by atoms with Crippen molar-refractivity contribution in [2.45, 2.75) is 18.8 Å². The van der Waals surface area contributed by atoms with Gasteiger partial charge in [0.2, 0.25) is 0 Å². The molecule has 1 aromatic rings. The third-order valence-electron chi connectivity index (χ3n) is 1.78. The zero-order valence-electron chi connectivity index (χ0n) is 7.21. The van der Waals surface area contributed by atoms with E-state index in [1.807, 2.05) is 0 Å². The third-order valence-corrected chi connectivity index (χ3v) is 1.78. The molecule has 1 N–H and O–H groups in total. The molecule has 0 amide bonds. The molecule has 0 spiro atoms. The Labute approximate surface area is 76.0 Å². The summed E-state index contributed by atoms with van der Waals surface area (Å²) in [6.45, 7) is -0.472. The minimum absolute atomic E-state index is 0.297. The number of halogens is 2. The van der Waals surface area contributed by atoms with E-state index in [9.17, 15) is 8.78 Å². The van der Waals surface area contributed by atoms with Crippen LogP contribution in [0.15, 0.2) is 30.3 Å². The van der Waals surface area contributed by atoms with Gasteiger partial charge in [0, 0.05) is 19.4 Å². The highest BCUT2D eigenvalue weighted by Crippen LogP contribution is 2.23. The van der Waals surface area contributed by atoms with Crippen LogP contribution in [0, 0.1) is 0 Å². The summed E-state index contributed by atoms with van der Waals surface area (Å²) in [5, 5.41) is 8.40. The first kappa shape index (κ1) is 10.1. The summed E-state index contributed by atoms with van der Waals surface area (Å²) in [6, 6.07) is 8.55. The monoisotopic (exact) mass is 186 g/mol. The van der Waals surface area contributed by atoms with E-state index in [0.717, 1.165) is 0 Å². The molecule has 1 nitrogen and oxygen atoms in total. The minimum Gasteiger partial charge on any atom is -0.396 e. The highest BCUT2D eigenvalue weighted by Gasteiger charge is 2.27. The predicted octanol–water partition coefficient (Wildman–Crippen LogP) is 2.25. The number of alkyl halides is 2. The maximum atomic E-state index is 12.9. The Kier molecular flexibility index (Phi) is 3.37. The molecule has 0 saturated carbocycles. The number of aliphatic hydroxyl groups excluding tert-OH is 1. The Morgan fingerprint density at radius 2 is 1.77 bits per heavy atom. The molecule has 13 heavy (non-hydrogen) atoms. The average Bonchev–Trinajstić information content (AvgIpc) is 2.04. The maximum absolute atomic E-state index is 12.9. The van der Waals surface area contributed by atoms with Crippen LogP contribution in [0.25, 0.3) is 0 Å². The van der Waals surface area contributed by atoms with Crippen molar-refractivity contribution in [2.24, 2.45) is 0 Å². The first-order chi connectivity index (χ1) is 6.14. The fourth-order valence-corrected chi connectivity index (χ4v) is 1.15. The standard InChI is InChI=1S/C10H12F2O/c11-10(12,6-7-13)8-9-4-2-1-3-5-9/h1-5,13H,6-8H2. The van der Waals surface area contributed by atoms with Crippen LogP contribution in [-0.2, 0) is 6.42 Å². The van der Waals surface area contributed by atoms with E-state index in [1.54, 1.807) is 30.3 Å². The van der Waals surface area contributed by atoms with Gasteiger partial charge in [-0.15, -0.1) is 0 Å². The molecule has 0 radical (unpaired) electrons. The lowest BCUT2D eigenvalue weighted by molar-refractivity contribution is -0.0205. The second-order valence-electron chi connectivity index (χ2n) is 2.99. The van der Waals surface area contributed by atoms with Crippen molar-refractivity contribution in [3.05, 3.63) is 35.9 Å². The fourth-order valence-electron chi connectivity index (χ4n) is 1.15. The normalized spacial score (nSPS) is 11.6. The molecule has 0 aliphatic rings. The Hall–Kier alpha value is -0.960. The number of benzene rings is 1. The highest BCUT2D eigenvalue weighted by atomic mass is 19.3. The van der Waals surface area contributed by atoms with Crippen LogP contribution < -0.4 is 0 Å². The van der Waals surface area contributed by atoms with Gasteiger partial charge in [-0.1, -0.05) is 30.3 Å². The van der Waals surface area contributed by atoms with Gasteiger partial charge in [0.05, 0.1) is 0 Å². The third kappa shape index (κ3) is 3.51. The molecule has 0 saturated heterocycles. The number of hydrogen-bond acceptors (Lipinski definition) is 1. The molecule has 0 aliphatic heterocycles. The number of aliphatic hydroxyl groups is 1. The van der Waals surface area contributed by atoms with Crippen LogP contribution >= 0.6 is 0 Å². The van der Waals surface area contributed by atoms with Gasteiger partial charge >= 0.3 is 0 Å². The summed E-state index contributed by atoms with van der Waals surface area (Å²) in [5.74, 6) is -2.80. The van der Waals surface area contributed by atoms with Crippen LogP contribution in [0.1, 0.15) is 12.0 Å². The topological polar surface area (TPSA) is 20.2 Å². The Bertz CT molecular complexity index is 246. The van der Waals surface area contributed by atoms with E-state index in [4.69, 9.17) is 5.11 Å². The lowest BCUT2D eigenvalue weighted by Crippen LogP contribution is -2.20. The van der Waals surface area contributed by atoms with Crippen LogP contribution in [0.2, 0.25) is 0 Å². The smallest absolute Gasteiger partial charge is 0.254 e. The molecule has 1 rings (SSSR count). The molecule has 0 aliphatic carbocycles. The largest absolute Gasteiger partial charge is 0.396 e. The van der Waals surface area contributed by atoms with Gasteiger partial charge in [-0.25, -0.2) is 8.78 Å². The lowest BCUT2D eigenvalue weighted by atomic mass is 10.1. The summed E-state index contributed by atoms with van der Waals surface area (Å²) in [6.07, 6.45) is -0.768. The summed E-state index contributed by atoms with van der Waals surface area (Å²) in [4.78, 5) is 0. The van der Waals surface area contributed by atoms with Crippen molar-refractivity contribution in [2.75, 3.05) is 6.61 Å². The Morgan fingerprint density at radius 1 is 1.15 bits per heavy atom. The van der Waals surface area contributed by atoms with E-state index in [2.05, 4.69) is 0 Å². The fraction of sp³-hybridized carbons (Fsp3) is 0.400. The highest BCUT2D eigenvalue weighted by molar-refractivity contribution is 5.16. The second-order valence-corrected chi connectivity index (χ2v) is 2.99. The van der Waals surface area contributed by atoms with Crippen LogP contribution in [-0.4, -0.2) is 17.6 Å². The van der Waals surface area contributed by atoms with Crippen LogP contribution in [0.3, 0.4) is 0 Å². The molecular formula is C10H12F2O. The first-order valence-corrected chi connectivity index (χ1v) is 4.17. The SMILES string of the molecule is OCCC(F)(F)Cc1ccccc1. The Morgan fingerprint density at radius 3 is 2.31 bits per heavy atom. The molecule has 0 heterocycles. The maximum Gasteiger partial charge on any atom is 0.254 e. The van der Waals surface area contributed by atoms with Crippen molar-refractivity contribution in [1.29, 1.82) is 0 Å². The van der Waals surface area contributed by atoms with Gasteiger partial charge in [-0.2, -0.15) is 0 Å². The van der Waals surface area contributed by atoms with Crippen molar-refractivity contribution in [3.63, 3.8) is 0 Å². The van der Waals surface area contributed by atoms with E-state index in [0.29, 0.717) is 5.56 Å². The van der Waals surface area contributed by atoms with Gasteiger partial charge in [-0.3, -0.25) is 0 Å². The molecule has 1 aromatic carbocycles. The van der Waals surface area contributed by atoms with Gasteiger partial charge in [0.25, 0.3) is 5.92 Å². The predicted molar refractivity (Wildman–Crippen MR) is 46.8 cm³/mol. The first-order valence-electron chi connectivity index (χ1n) is 4.17. The zero-order valence-corrected chi connectivity index (χ0v) is 7.21. The van der Waals surface area contributed by atoms with Gasteiger partial charge in [0.1, 0.15) is 0 Å². The summed E-state index contributed by atoms with van der Waals surface area (Å²) < 4.78 is 25.9. The molecule has 3 heteroatoms. The summed E-state index contributed by atoms with van der Waals surface area (Å²) in [5.41, 5.74) is 0.598. The van der Waals surface area contributed by atoms with Gasteiger partial charge < -0.3 is 5.11 Å². The molecule has 0 fully saturated rings. The second kappa shape index (κ2) is 4.33. The quantitative estimate of drug-likeness (QED) is 0.764. The number of hydrogen-bond donors (Lipinski definition) is 1. The van der Waals surface area contributed by atoms with E-state index in [1.165, 1.54) is 0 Å². The summed E-state index contributed by atoms with van der Waals surface area (Å²) in [7, 11) is 0. The van der Waals surface area contributed by atoms with E-state index < -0.39 is 19.0 Å². The van der Waals surface area contributed by atoms with Crippen molar-refractivity contribution >= 4 is 0 Å². The molecule has 0 unspecified atom stereocenters. The van der Waals surface area contributed by atoms with Crippen LogP contribution in [0.5, 0.6) is 0 Å². The van der Waals surface area contributed by atoms with Crippen molar-refractivity contribution in [1.82, 2.24) is 0 Å². The molecule has 0 aromatic heterocycles. The van der Waals surface area contributed by atoms with E-state index >= 15 is 0 Å². The minimum atomic E-state index is -2.80. The average molecular weight is 186 g/mol. The van der Waals surface area contributed by atoms with Crippen molar-refractivity contribution < 1.29 is 13.9 Å². The van der Waals surface area contributed by atoms with E-state index in [-0.39, 0.29) is 6.42 Å². The number of rotatable bonds is 4. The Balaban J connectivity index is 2.58. The summed E-state index contributed by atoms with van der Waals surface area (Å²) >= 11 is 0.